The van der Waals surface area contributed by atoms with E-state index in [4.69, 9.17) is 14.2 Å². The van der Waals surface area contributed by atoms with Gasteiger partial charge in [-0.1, -0.05) is 6.08 Å². The Morgan fingerprint density at radius 1 is 1.19 bits per heavy atom. The first kappa shape index (κ1) is 14.5. The standard InChI is InChI=1S/C11H18O5/c1-6-7-9(12)14-8(2)15-10(13)16-11(3,4)5/h6-8H,1-5H3/b7-6+. The van der Waals surface area contributed by atoms with Crippen LogP contribution < -0.4 is 0 Å². The van der Waals surface area contributed by atoms with Crippen molar-refractivity contribution in [2.75, 3.05) is 0 Å². The zero-order chi connectivity index (χ0) is 12.8. The highest BCUT2D eigenvalue weighted by Gasteiger charge is 2.20. The minimum Gasteiger partial charge on any atom is -0.428 e. The summed E-state index contributed by atoms with van der Waals surface area (Å²) in [6.07, 6.45) is 0.920. The van der Waals surface area contributed by atoms with Crippen molar-refractivity contribution < 1.29 is 23.8 Å². The molecule has 0 N–H and O–H groups in total. The van der Waals surface area contributed by atoms with E-state index >= 15 is 0 Å². The van der Waals surface area contributed by atoms with Gasteiger partial charge in [-0.15, -0.1) is 0 Å². The fraction of sp³-hybridized carbons (Fsp3) is 0.636. The third-order valence-electron chi connectivity index (χ3n) is 1.24. The molecule has 1 unspecified atom stereocenters. The molecule has 0 bridgehead atoms. The van der Waals surface area contributed by atoms with Gasteiger partial charge >= 0.3 is 12.1 Å². The van der Waals surface area contributed by atoms with Crippen molar-refractivity contribution in [3.8, 4) is 0 Å². The molecular weight excluding hydrogens is 212 g/mol. The Kier molecular flexibility index (Phi) is 5.56. The van der Waals surface area contributed by atoms with E-state index in [0.717, 1.165) is 0 Å². The van der Waals surface area contributed by atoms with Gasteiger partial charge in [-0.25, -0.2) is 9.59 Å². The van der Waals surface area contributed by atoms with E-state index < -0.39 is 24.0 Å². The van der Waals surface area contributed by atoms with Gasteiger partial charge in [-0.05, 0) is 27.7 Å². The second-order valence-electron chi connectivity index (χ2n) is 4.09. The largest absolute Gasteiger partial charge is 0.511 e. The van der Waals surface area contributed by atoms with Crippen molar-refractivity contribution in [3.05, 3.63) is 12.2 Å². The third kappa shape index (κ3) is 7.84. The van der Waals surface area contributed by atoms with Crippen LogP contribution in [0.15, 0.2) is 12.2 Å². The molecular formula is C11H18O5. The highest BCUT2D eigenvalue weighted by Crippen LogP contribution is 2.09. The molecule has 5 heteroatoms. The van der Waals surface area contributed by atoms with Crippen LogP contribution in [-0.4, -0.2) is 24.0 Å². The summed E-state index contributed by atoms with van der Waals surface area (Å²) < 4.78 is 14.3. The summed E-state index contributed by atoms with van der Waals surface area (Å²) in [6.45, 7) is 8.26. The van der Waals surface area contributed by atoms with Gasteiger partial charge in [0.25, 0.3) is 0 Å². The van der Waals surface area contributed by atoms with E-state index in [1.165, 1.54) is 19.1 Å². The maximum absolute atomic E-state index is 11.2. The van der Waals surface area contributed by atoms with E-state index in [2.05, 4.69) is 0 Å². The number of rotatable bonds is 3. The molecule has 0 fully saturated rings. The average molecular weight is 230 g/mol. The van der Waals surface area contributed by atoms with Crippen LogP contribution >= 0.6 is 0 Å². The third-order valence-corrected chi connectivity index (χ3v) is 1.24. The molecule has 1 atom stereocenters. The monoisotopic (exact) mass is 230 g/mol. The lowest BCUT2D eigenvalue weighted by atomic mass is 10.2. The summed E-state index contributed by atoms with van der Waals surface area (Å²) in [5, 5.41) is 0. The van der Waals surface area contributed by atoms with Gasteiger partial charge in [0, 0.05) is 13.0 Å². The molecule has 5 nitrogen and oxygen atoms in total. The van der Waals surface area contributed by atoms with Crippen molar-refractivity contribution in [3.63, 3.8) is 0 Å². The van der Waals surface area contributed by atoms with Gasteiger partial charge in [0.2, 0.25) is 6.29 Å². The maximum atomic E-state index is 11.2. The van der Waals surface area contributed by atoms with E-state index in [9.17, 15) is 9.59 Å². The molecule has 92 valence electrons. The van der Waals surface area contributed by atoms with Crippen molar-refractivity contribution in [1.29, 1.82) is 0 Å². The summed E-state index contributed by atoms with van der Waals surface area (Å²) in [5.74, 6) is -0.571. The number of allylic oxidation sites excluding steroid dienone is 1. The van der Waals surface area contributed by atoms with Crippen LogP contribution in [0.2, 0.25) is 0 Å². The Bertz CT molecular complexity index is 275. The molecule has 0 saturated heterocycles. The maximum Gasteiger partial charge on any atom is 0.511 e. The molecule has 0 radical (unpaired) electrons. The molecule has 0 aliphatic carbocycles. The minimum absolute atomic E-state index is 0.571. The van der Waals surface area contributed by atoms with Gasteiger partial charge in [-0.2, -0.15) is 0 Å². The van der Waals surface area contributed by atoms with Gasteiger partial charge < -0.3 is 14.2 Å². The first-order valence-corrected chi connectivity index (χ1v) is 4.97. The molecule has 0 aromatic rings. The Morgan fingerprint density at radius 2 is 1.75 bits per heavy atom. The number of hydrogen-bond acceptors (Lipinski definition) is 5. The molecule has 0 aliphatic heterocycles. The number of carbonyl (C=O) groups is 2. The Labute approximate surface area is 95.4 Å². The number of hydrogen-bond donors (Lipinski definition) is 0. The Hall–Kier alpha value is -1.52. The van der Waals surface area contributed by atoms with Crippen molar-refractivity contribution >= 4 is 12.1 Å². The predicted octanol–water partition coefficient (Wildman–Crippen LogP) is 2.40. The highest BCUT2D eigenvalue weighted by molar-refractivity contribution is 5.81. The topological polar surface area (TPSA) is 61.8 Å². The van der Waals surface area contributed by atoms with E-state index in [1.807, 2.05) is 0 Å². The lowest BCUT2D eigenvalue weighted by Crippen LogP contribution is -2.28. The summed E-state index contributed by atoms with van der Waals surface area (Å²) in [7, 11) is 0. The highest BCUT2D eigenvalue weighted by atomic mass is 16.8. The number of esters is 1. The fourth-order valence-corrected chi connectivity index (χ4v) is 0.773. The molecule has 0 aromatic carbocycles. The van der Waals surface area contributed by atoms with Crippen molar-refractivity contribution in [2.24, 2.45) is 0 Å². The molecule has 0 aliphatic rings. The summed E-state index contributed by atoms with van der Waals surface area (Å²) in [6, 6.07) is 0. The van der Waals surface area contributed by atoms with Crippen LogP contribution in [0.25, 0.3) is 0 Å². The minimum atomic E-state index is -0.974. The fourth-order valence-electron chi connectivity index (χ4n) is 0.773. The molecule has 16 heavy (non-hydrogen) atoms. The summed E-state index contributed by atoms with van der Waals surface area (Å²) in [5.41, 5.74) is -0.635. The lowest BCUT2D eigenvalue weighted by Gasteiger charge is -2.20. The van der Waals surface area contributed by atoms with Crippen LogP contribution in [0.1, 0.15) is 34.6 Å². The quantitative estimate of drug-likeness (QED) is 0.423. The summed E-state index contributed by atoms with van der Waals surface area (Å²) in [4.78, 5) is 22.1. The Morgan fingerprint density at radius 3 is 2.19 bits per heavy atom. The zero-order valence-electron chi connectivity index (χ0n) is 10.3. The van der Waals surface area contributed by atoms with E-state index in [-0.39, 0.29) is 0 Å². The van der Waals surface area contributed by atoms with Gasteiger partial charge in [-0.3, -0.25) is 0 Å². The second-order valence-corrected chi connectivity index (χ2v) is 4.09. The Balaban J connectivity index is 4.01. The first-order chi connectivity index (χ1) is 7.24. The van der Waals surface area contributed by atoms with Gasteiger partial charge in [0.05, 0.1) is 0 Å². The predicted molar refractivity (Wildman–Crippen MR) is 57.7 cm³/mol. The summed E-state index contributed by atoms with van der Waals surface area (Å²) >= 11 is 0. The van der Waals surface area contributed by atoms with Crippen LogP contribution in [0, 0.1) is 0 Å². The van der Waals surface area contributed by atoms with E-state index in [0.29, 0.717) is 0 Å². The molecule has 0 heterocycles. The van der Waals surface area contributed by atoms with Gasteiger partial charge in [0.1, 0.15) is 5.60 Å². The second kappa shape index (κ2) is 6.15. The normalized spacial score (nSPS) is 13.3. The van der Waals surface area contributed by atoms with E-state index in [1.54, 1.807) is 27.7 Å². The van der Waals surface area contributed by atoms with Crippen LogP contribution in [0.3, 0.4) is 0 Å². The number of carbonyl (C=O) groups excluding carboxylic acids is 2. The van der Waals surface area contributed by atoms with Crippen LogP contribution in [-0.2, 0) is 19.0 Å². The zero-order valence-corrected chi connectivity index (χ0v) is 10.3. The molecule has 0 amide bonds. The first-order valence-electron chi connectivity index (χ1n) is 4.97. The van der Waals surface area contributed by atoms with Crippen LogP contribution in [0.5, 0.6) is 0 Å². The van der Waals surface area contributed by atoms with Gasteiger partial charge in [0.15, 0.2) is 0 Å². The van der Waals surface area contributed by atoms with Crippen LogP contribution in [0.4, 0.5) is 4.79 Å². The SMILES string of the molecule is C/C=C/C(=O)OC(C)OC(=O)OC(C)(C)C. The van der Waals surface area contributed by atoms with Crippen molar-refractivity contribution in [1.82, 2.24) is 0 Å². The average Bonchev–Trinajstić information content (AvgIpc) is 1.98. The molecule has 0 saturated carbocycles. The molecule has 0 aromatic heterocycles. The molecule has 0 rings (SSSR count). The number of ether oxygens (including phenoxy) is 3. The molecule has 0 spiro atoms. The smallest absolute Gasteiger partial charge is 0.428 e. The van der Waals surface area contributed by atoms with Crippen molar-refractivity contribution in [2.45, 2.75) is 46.5 Å². The lowest BCUT2D eigenvalue weighted by molar-refractivity contribution is -0.163.